The van der Waals surface area contributed by atoms with Gasteiger partial charge in [-0.05, 0) is 26.3 Å². The number of amides is 4. The lowest BCUT2D eigenvalue weighted by Crippen LogP contribution is -2.51. The van der Waals surface area contributed by atoms with Gasteiger partial charge in [0, 0.05) is 18.4 Å². The van der Waals surface area contributed by atoms with Gasteiger partial charge in [0.2, 0.25) is 0 Å². The van der Waals surface area contributed by atoms with E-state index in [0.717, 1.165) is 5.01 Å². The number of carbonyl (C=O) groups excluding carboxylic acids is 3. The van der Waals surface area contributed by atoms with Crippen molar-refractivity contribution in [2.24, 2.45) is 0 Å². The molecule has 2 rings (SSSR count). The maximum absolute atomic E-state index is 12.1. The van der Waals surface area contributed by atoms with Crippen LogP contribution < -0.4 is 16.1 Å². The number of urea groups is 1. The predicted octanol–water partition coefficient (Wildman–Crippen LogP) is -0.387. The third-order valence-corrected chi connectivity index (χ3v) is 3.84. The third-order valence-electron chi connectivity index (χ3n) is 3.84. The van der Waals surface area contributed by atoms with Crippen LogP contribution in [-0.2, 0) is 16.1 Å². The Kier molecular flexibility index (Phi) is 4.99. The molecule has 0 saturated carbocycles. The van der Waals surface area contributed by atoms with Gasteiger partial charge in [-0.1, -0.05) is 6.92 Å². The quantitative estimate of drug-likeness (QED) is 0.593. The number of nitrogens with one attached hydrogen (secondary N) is 3. The summed E-state index contributed by atoms with van der Waals surface area (Å²) in [6.07, 6.45) is 3.96. The van der Waals surface area contributed by atoms with Gasteiger partial charge in [0.25, 0.3) is 11.8 Å². The van der Waals surface area contributed by atoms with Gasteiger partial charge in [-0.15, -0.1) is 0 Å². The number of hydrazine groups is 1. The van der Waals surface area contributed by atoms with E-state index in [1.807, 2.05) is 19.2 Å². The van der Waals surface area contributed by atoms with E-state index in [1.165, 1.54) is 0 Å². The summed E-state index contributed by atoms with van der Waals surface area (Å²) in [7, 11) is 0. The zero-order chi connectivity index (χ0) is 17.0. The van der Waals surface area contributed by atoms with Crippen molar-refractivity contribution in [2.75, 3.05) is 6.54 Å². The van der Waals surface area contributed by atoms with Gasteiger partial charge in [-0.3, -0.25) is 19.7 Å². The molecule has 1 saturated heterocycles. The van der Waals surface area contributed by atoms with Crippen molar-refractivity contribution in [2.45, 2.75) is 45.3 Å². The molecule has 126 valence electrons. The minimum absolute atomic E-state index is 0.00432. The molecule has 0 spiro atoms. The molecule has 0 aromatic carbocycles. The SMILES string of the molecule is CC[C@]1(C)NC(=O)N(NC(=O)CN[C@@H](C)Cn2cccn2)C1=O. The van der Waals surface area contributed by atoms with Crippen molar-refractivity contribution in [1.29, 1.82) is 0 Å². The van der Waals surface area contributed by atoms with Crippen LogP contribution in [0.2, 0.25) is 0 Å². The number of imide groups is 1. The first-order chi connectivity index (χ1) is 10.9. The van der Waals surface area contributed by atoms with Crippen LogP contribution in [0.15, 0.2) is 18.5 Å². The number of carbonyl (C=O) groups is 3. The van der Waals surface area contributed by atoms with Gasteiger partial charge in [-0.25, -0.2) is 4.79 Å². The Labute approximate surface area is 134 Å². The normalized spacial score (nSPS) is 22.1. The molecule has 0 unspecified atom stereocenters. The lowest BCUT2D eigenvalue weighted by molar-refractivity contribution is -0.138. The summed E-state index contributed by atoms with van der Waals surface area (Å²) in [5.74, 6) is -0.913. The minimum Gasteiger partial charge on any atom is -0.322 e. The fourth-order valence-electron chi connectivity index (χ4n) is 2.21. The zero-order valence-corrected chi connectivity index (χ0v) is 13.5. The molecule has 1 aliphatic heterocycles. The molecule has 3 N–H and O–H groups in total. The lowest BCUT2D eigenvalue weighted by atomic mass is 10.00. The highest BCUT2D eigenvalue weighted by atomic mass is 16.2. The lowest BCUT2D eigenvalue weighted by Gasteiger charge is -2.20. The monoisotopic (exact) mass is 322 g/mol. The maximum Gasteiger partial charge on any atom is 0.344 e. The molecule has 0 aliphatic carbocycles. The summed E-state index contributed by atoms with van der Waals surface area (Å²) >= 11 is 0. The Morgan fingerprint density at radius 1 is 1.48 bits per heavy atom. The van der Waals surface area contributed by atoms with Crippen molar-refractivity contribution in [3.8, 4) is 0 Å². The fourth-order valence-corrected chi connectivity index (χ4v) is 2.21. The van der Waals surface area contributed by atoms with E-state index in [4.69, 9.17) is 0 Å². The van der Waals surface area contributed by atoms with E-state index >= 15 is 0 Å². The number of aromatic nitrogens is 2. The van der Waals surface area contributed by atoms with Crippen molar-refractivity contribution < 1.29 is 14.4 Å². The van der Waals surface area contributed by atoms with E-state index in [-0.39, 0.29) is 12.6 Å². The molecule has 1 aromatic heterocycles. The van der Waals surface area contributed by atoms with Crippen LogP contribution in [0, 0.1) is 0 Å². The number of rotatable bonds is 7. The molecule has 9 nitrogen and oxygen atoms in total. The number of hydrogen-bond acceptors (Lipinski definition) is 5. The molecule has 4 amide bonds. The number of nitrogens with zero attached hydrogens (tertiary/aromatic N) is 3. The summed E-state index contributed by atoms with van der Waals surface area (Å²) in [6, 6.07) is 1.21. The van der Waals surface area contributed by atoms with Crippen LogP contribution in [0.4, 0.5) is 4.79 Å². The van der Waals surface area contributed by atoms with Gasteiger partial charge in [0.1, 0.15) is 5.54 Å². The molecular formula is C14H22N6O3. The van der Waals surface area contributed by atoms with E-state index in [9.17, 15) is 14.4 Å². The highest BCUT2D eigenvalue weighted by Gasteiger charge is 2.47. The highest BCUT2D eigenvalue weighted by Crippen LogP contribution is 2.18. The molecular weight excluding hydrogens is 300 g/mol. The average molecular weight is 322 g/mol. The van der Waals surface area contributed by atoms with Crippen molar-refractivity contribution in [3.05, 3.63) is 18.5 Å². The van der Waals surface area contributed by atoms with Crippen LogP contribution in [0.3, 0.4) is 0 Å². The summed E-state index contributed by atoms with van der Waals surface area (Å²) in [6.45, 7) is 5.93. The van der Waals surface area contributed by atoms with Gasteiger partial charge >= 0.3 is 6.03 Å². The second-order valence-electron chi connectivity index (χ2n) is 5.80. The van der Waals surface area contributed by atoms with E-state index in [1.54, 1.807) is 24.7 Å². The Bertz CT molecular complexity index is 587. The molecule has 1 aromatic rings. The third kappa shape index (κ3) is 3.86. The molecule has 0 bridgehead atoms. The van der Waals surface area contributed by atoms with Crippen LogP contribution in [0.1, 0.15) is 27.2 Å². The molecule has 1 fully saturated rings. The standard InChI is InChI=1S/C14H22N6O3/c1-4-14(3)12(22)20(13(23)17-14)18-11(21)8-15-10(2)9-19-7-5-6-16-19/h5-7,10,15H,4,8-9H2,1-3H3,(H,17,23)(H,18,21)/t10-,14-/m0/s1. The topological polar surface area (TPSA) is 108 Å². The fraction of sp³-hybridized carbons (Fsp3) is 0.571. The number of hydrogen-bond donors (Lipinski definition) is 3. The van der Waals surface area contributed by atoms with Crippen LogP contribution in [-0.4, -0.2) is 50.8 Å². The van der Waals surface area contributed by atoms with Gasteiger partial charge in [0.05, 0.1) is 13.1 Å². The summed E-state index contributed by atoms with van der Waals surface area (Å²) in [4.78, 5) is 35.9. The summed E-state index contributed by atoms with van der Waals surface area (Å²) in [5.41, 5.74) is 1.36. The van der Waals surface area contributed by atoms with Crippen molar-refractivity contribution >= 4 is 17.8 Å². The summed E-state index contributed by atoms with van der Waals surface area (Å²) < 4.78 is 1.75. The maximum atomic E-state index is 12.1. The van der Waals surface area contributed by atoms with Gasteiger partial charge in [-0.2, -0.15) is 10.1 Å². The second kappa shape index (κ2) is 6.78. The molecule has 0 radical (unpaired) electrons. The largest absolute Gasteiger partial charge is 0.344 e. The second-order valence-corrected chi connectivity index (χ2v) is 5.80. The molecule has 9 heteroatoms. The minimum atomic E-state index is -0.967. The first kappa shape index (κ1) is 16.9. The van der Waals surface area contributed by atoms with Crippen LogP contribution in [0.25, 0.3) is 0 Å². The predicted molar refractivity (Wildman–Crippen MR) is 81.9 cm³/mol. The Morgan fingerprint density at radius 3 is 2.78 bits per heavy atom. The molecule has 2 atom stereocenters. The van der Waals surface area contributed by atoms with E-state index < -0.39 is 23.4 Å². The molecule has 23 heavy (non-hydrogen) atoms. The molecule has 2 heterocycles. The van der Waals surface area contributed by atoms with Crippen molar-refractivity contribution in [3.63, 3.8) is 0 Å². The Balaban J connectivity index is 1.81. The first-order valence-corrected chi connectivity index (χ1v) is 7.52. The van der Waals surface area contributed by atoms with Crippen molar-refractivity contribution in [1.82, 2.24) is 30.8 Å². The Morgan fingerprint density at radius 2 is 2.22 bits per heavy atom. The van der Waals surface area contributed by atoms with Crippen LogP contribution in [0.5, 0.6) is 0 Å². The average Bonchev–Trinajstić information content (AvgIpc) is 3.08. The van der Waals surface area contributed by atoms with Gasteiger partial charge in [0.15, 0.2) is 0 Å². The zero-order valence-electron chi connectivity index (χ0n) is 13.5. The first-order valence-electron chi connectivity index (χ1n) is 7.52. The van der Waals surface area contributed by atoms with Crippen LogP contribution >= 0.6 is 0 Å². The van der Waals surface area contributed by atoms with E-state index in [0.29, 0.717) is 13.0 Å². The molecule has 1 aliphatic rings. The van der Waals surface area contributed by atoms with E-state index in [2.05, 4.69) is 21.2 Å². The smallest absolute Gasteiger partial charge is 0.322 e. The Hall–Kier alpha value is -2.42. The summed E-state index contributed by atoms with van der Waals surface area (Å²) in [5, 5.41) is 10.4. The van der Waals surface area contributed by atoms with Gasteiger partial charge < -0.3 is 10.6 Å². The highest BCUT2D eigenvalue weighted by molar-refractivity contribution is 6.07.